The zero-order chi connectivity index (χ0) is 11.9. The number of nitrogens with zero attached hydrogens (tertiary/aromatic N) is 1. The topological polar surface area (TPSA) is 75.1 Å². The molecule has 16 heavy (non-hydrogen) atoms. The number of aromatic nitrogens is 2. The summed E-state index contributed by atoms with van der Waals surface area (Å²) in [7, 11) is 0. The third kappa shape index (κ3) is 1.64. The van der Waals surface area contributed by atoms with Crippen molar-refractivity contribution in [3.8, 4) is 5.88 Å². The predicted molar refractivity (Wildman–Crippen MR) is 55.0 cm³/mol. The van der Waals surface area contributed by atoms with Gasteiger partial charge in [-0.25, -0.2) is 4.79 Å². The third-order valence-corrected chi connectivity index (χ3v) is 2.94. The zero-order valence-electron chi connectivity index (χ0n) is 8.86. The van der Waals surface area contributed by atoms with Gasteiger partial charge in [-0.3, -0.25) is 14.3 Å². The molecule has 88 valence electrons. The molecule has 1 aromatic heterocycles. The van der Waals surface area contributed by atoms with E-state index in [4.69, 9.17) is 0 Å². The maximum Gasteiger partial charge on any atom is 0.331 e. The Labute approximate surface area is 90.5 Å². The van der Waals surface area contributed by atoms with Crippen LogP contribution in [0.5, 0.6) is 5.88 Å². The number of H-pyrrole nitrogens is 1. The molecule has 1 fully saturated rings. The van der Waals surface area contributed by atoms with Gasteiger partial charge in [0.05, 0.1) is 0 Å². The van der Waals surface area contributed by atoms with Crippen LogP contribution >= 0.6 is 0 Å². The Morgan fingerprint density at radius 2 is 2.25 bits per heavy atom. The lowest BCUT2D eigenvalue weighted by atomic mass is 10.2. The summed E-state index contributed by atoms with van der Waals surface area (Å²) in [5.74, 6) is -1.85. The van der Waals surface area contributed by atoms with Crippen LogP contribution < -0.4 is 11.2 Å². The fourth-order valence-corrected chi connectivity index (χ4v) is 2.05. The largest absolute Gasteiger partial charge is 0.492 e. The van der Waals surface area contributed by atoms with Gasteiger partial charge < -0.3 is 5.11 Å². The first-order valence-corrected chi connectivity index (χ1v) is 5.29. The van der Waals surface area contributed by atoms with Crippen LogP contribution in [0.4, 0.5) is 4.39 Å². The third-order valence-electron chi connectivity index (χ3n) is 2.94. The highest BCUT2D eigenvalue weighted by Gasteiger charge is 2.40. The molecule has 0 saturated heterocycles. The number of hydrogen-bond donors (Lipinski definition) is 2. The van der Waals surface area contributed by atoms with Crippen molar-refractivity contribution in [3.05, 3.63) is 26.7 Å². The Hall–Kier alpha value is -1.59. The van der Waals surface area contributed by atoms with E-state index >= 15 is 0 Å². The van der Waals surface area contributed by atoms with Crippen molar-refractivity contribution in [1.29, 1.82) is 0 Å². The Balaban J connectivity index is 2.40. The van der Waals surface area contributed by atoms with E-state index in [9.17, 15) is 19.1 Å². The molecule has 5 nitrogen and oxygen atoms in total. The highest BCUT2D eigenvalue weighted by molar-refractivity contribution is 5.13. The molecule has 1 heterocycles. The molecule has 1 aliphatic rings. The lowest BCUT2D eigenvalue weighted by Gasteiger charge is -2.07. The number of aromatic amines is 1. The number of halogens is 1. The van der Waals surface area contributed by atoms with Crippen LogP contribution in [0.3, 0.4) is 0 Å². The van der Waals surface area contributed by atoms with Crippen LogP contribution in [0.25, 0.3) is 0 Å². The van der Waals surface area contributed by atoms with Crippen LogP contribution in [-0.4, -0.2) is 14.7 Å². The maximum absolute atomic E-state index is 13.1. The van der Waals surface area contributed by atoms with Crippen LogP contribution in [0, 0.1) is 11.7 Å². The van der Waals surface area contributed by atoms with Crippen LogP contribution in [-0.2, 0) is 0 Å². The molecule has 0 spiro atoms. The smallest absolute Gasteiger partial charge is 0.331 e. The molecular formula is C10H13FN2O3. The molecular weight excluding hydrogens is 215 g/mol. The molecule has 6 heteroatoms. The minimum atomic E-state index is -1.29. The standard InChI is InChI=1S/C10H13FN2O3/c1-2-3-5-4-6(5)13-9(15)7(11)8(14)12-10(13)16/h5-6,15H,2-4H2,1H3,(H,12,14,16). The minimum Gasteiger partial charge on any atom is -0.492 e. The first-order valence-electron chi connectivity index (χ1n) is 5.29. The summed E-state index contributed by atoms with van der Waals surface area (Å²) in [5.41, 5.74) is -1.92. The maximum atomic E-state index is 13.1. The molecule has 2 N–H and O–H groups in total. The van der Waals surface area contributed by atoms with E-state index in [0.29, 0.717) is 5.92 Å². The normalized spacial score (nSPS) is 23.4. The summed E-state index contributed by atoms with van der Waals surface area (Å²) in [6.45, 7) is 2.02. The van der Waals surface area contributed by atoms with Gasteiger partial charge in [0, 0.05) is 6.04 Å². The lowest BCUT2D eigenvalue weighted by Crippen LogP contribution is -2.31. The zero-order valence-corrected chi connectivity index (χ0v) is 8.86. The van der Waals surface area contributed by atoms with E-state index in [1.807, 2.05) is 11.9 Å². The Morgan fingerprint density at radius 1 is 1.56 bits per heavy atom. The van der Waals surface area contributed by atoms with E-state index in [0.717, 1.165) is 23.8 Å². The van der Waals surface area contributed by atoms with Crippen molar-refractivity contribution < 1.29 is 9.50 Å². The molecule has 2 unspecified atom stereocenters. The average Bonchev–Trinajstić information content (AvgIpc) is 2.95. The summed E-state index contributed by atoms with van der Waals surface area (Å²) >= 11 is 0. The van der Waals surface area contributed by atoms with Gasteiger partial charge in [-0.1, -0.05) is 13.3 Å². The molecule has 2 atom stereocenters. The fourth-order valence-electron chi connectivity index (χ4n) is 2.05. The molecule has 0 aliphatic heterocycles. The second-order valence-corrected chi connectivity index (χ2v) is 4.12. The van der Waals surface area contributed by atoms with Crippen molar-refractivity contribution in [2.45, 2.75) is 32.2 Å². The van der Waals surface area contributed by atoms with Gasteiger partial charge in [-0.15, -0.1) is 0 Å². The van der Waals surface area contributed by atoms with E-state index in [-0.39, 0.29) is 6.04 Å². The van der Waals surface area contributed by atoms with Gasteiger partial charge >= 0.3 is 5.69 Å². The van der Waals surface area contributed by atoms with Crippen molar-refractivity contribution in [3.63, 3.8) is 0 Å². The SMILES string of the molecule is CCCC1CC1n1c(O)c(F)c(=O)[nH]c1=O. The van der Waals surface area contributed by atoms with Crippen molar-refractivity contribution in [2.75, 3.05) is 0 Å². The Kier molecular flexibility index (Phi) is 2.57. The monoisotopic (exact) mass is 228 g/mol. The average molecular weight is 228 g/mol. The molecule has 2 rings (SSSR count). The predicted octanol–water partition coefficient (Wildman–Crippen LogP) is 0.742. The molecule has 1 saturated carbocycles. The molecule has 0 radical (unpaired) electrons. The summed E-state index contributed by atoms with van der Waals surface area (Å²) < 4.78 is 14.1. The molecule has 0 bridgehead atoms. The van der Waals surface area contributed by atoms with E-state index in [1.165, 1.54) is 0 Å². The first kappa shape index (κ1) is 10.9. The van der Waals surface area contributed by atoms with Crippen LogP contribution in [0.1, 0.15) is 32.2 Å². The van der Waals surface area contributed by atoms with Gasteiger partial charge in [-0.05, 0) is 18.8 Å². The molecule has 0 aromatic carbocycles. The van der Waals surface area contributed by atoms with Crippen molar-refractivity contribution in [1.82, 2.24) is 9.55 Å². The number of nitrogens with one attached hydrogen (secondary N) is 1. The van der Waals surface area contributed by atoms with Crippen molar-refractivity contribution in [2.24, 2.45) is 5.92 Å². The van der Waals surface area contributed by atoms with Gasteiger partial charge in [0.1, 0.15) is 0 Å². The summed E-state index contributed by atoms with van der Waals surface area (Å²) in [6, 6.07) is -0.182. The number of hydrogen-bond acceptors (Lipinski definition) is 3. The second-order valence-electron chi connectivity index (χ2n) is 4.12. The first-order chi connectivity index (χ1) is 7.56. The fraction of sp³-hybridized carbons (Fsp3) is 0.600. The van der Waals surface area contributed by atoms with Gasteiger partial charge in [0.25, 0.3) is 5.56 Å². The van der Waals surface area contributed by atoms with Gasteiger partial charge in [0.15, 0.2) is 0 Å². The minimum absolute atomic E-state index is 0.182. The molecule has 0 amide bonds. The highest BCUT2D eigenvalue weighted by atomic mass is 19.1. The Morgan fingerprint density at radius 3 is 2.88 bits per heavy atom. The van der Waals surface area contributed by atoms with Gasteiger partial charge in [0.2, 0.25) is 11.7 Å². The van der Waals surface area contributed by atoms with E-state index in [1.54, 1.807) is 0 Å². The summed E-state index contributed by atoms with van der Waals surface area (Å²) in [6.07, 6.45) is 2.65. The number of rotatable bonds is 3. The second kappa shape index (κ2) is 3.77. The van der Waals surface area contributed by atoms with Crippen LogP contribution in [0.15, 0.2) is 9.59 Å². The summed E-state index contributed by atoms with van der Waals surface area (Å²) in [4.78, 5) is 24.1. The lowest BCUT2D eigenvalue weighted by molar-refractivity contribution is 0.356. The quantitative estimate of drug-likeness (QED) is 0.801. The highest BCUT2D eigenvalue weighted by Crippen LogP contribution is 2.46. The van der Waals surface area contributed by atoms with Gasteiger partial charge in [-0.2, -0.15) is 4.39 Å². The molecule has 1 aliphatic carbocycles. The summed E-state index contributed by atoms with van der Waals surface area (Å²) in [5, 5.41) is 9.42. The Bertz CT molecular complexity index is 520. The van der Waals surface area contributed by atoms with E-state index < -0.39 is 22.9 Å². The molecule has 1 aromatic rings. The number of aromatic hydroxyl groups is 1. The van der Waals surface area contributed by atoms with E-state index in [2.05, 4.69) is 0 Å². The van der Waals surface area contributed by atoms with Crippen molar-refractivity contribution >= 4 is 0 Å². The van der Waals surface area contributed by atoms with Crippen LogP contribution in [0.2, 0.25) is 0 Å².